The molecule has 2 aromatic rings. The lowest BCUT2D eigenvalue weighted by Gasteiger charge is -2.14. The maximum Gasteiger partial charge on any atom is 0.0299 e. The van der Waals surface area contributed by atoms with Crippen LogP contribution in [0.15, 0.2) is 49.1 Å². The van der Waals surface area contributed by atoms with Gasteiger partial charge in [0, 0.05) is 24.8 Å². The summed E-state index contributed by atoms with van der Waals surface area (Å²) in [5, 5.41) is 0. The maximum atomic E-state index is 4.18. The molecule has 0 aliphatic rings. The van der Waals surface area contributed by atoms with Crippen molar-refractivity contribution in [2.45, 2.75) is 51.9 Å². The predicted octanol–water partition coefficient (Wildman–Crippen LogP) is 4.85. The summed E-state index contributed by atoms with van der Waals surface area (Å²) in [4.78, 5) is 8.36. The number of rotatable bonds is 9. The van der Waals surface area contributed by atoms with Gasteiger partial charge in [0.2, 0.25) is 0 Å². The van der Waals surface area contributed by atoms with E-state index in [1.165, 1.54) is 43.2 Å². The Morgan fingerprint density at radius 3 is 1.76 bits per heavy atom. The summed E-state index contributed by atoms with van der Waals surface area (Å²) in [5.41, 5.74) is 2.73. The molecule has 2 heterocycles. The van der Waals surface area contributed by atoms with Gasteiger partial charge in [0.05, 0.1) is 0 Å². The molecule has 0 spiro atoms. The Balaban J connectivity index is 1.64. The van der Waals surface area contributed by atoms with Gasteiger partial charge >= 0.3 is 0 Å². The van der Waals surface area contributed by atoms with E-state index in [4.69, 9.17) is 0 Å². The lowest BCUT2D eigenvalue weighted by molar-refractivity contribution is 0.412. The number of nitrogens with zero attached hydrogens (tertiary/aromatic N) is 2. The highest BCUT2D eigenvalue weighted by molar-refractivity contribution is 5.09. The van der Waals surface area contributed by atoms with Gasteiger partial charge in [-0.1, -0.05) is 38.3 Å². The van der Waals surface area contributed by atoms with Crippen LogP contribution in [0, 0.1) is 5.92 Å². The van der Waals surface area contributed by atoms with Gasteiger partial charge < -0.3 is 0 Å². The van der Waals surface area contributed by atoms with E-state index in [1.807, 2.05) is 36.9 Å². The molecule has 112 valence electrons. The summed E-state index contributed by atoms with van der Waals surface area (Å²) in [7, 11) is 0. The molecule has 2 nitrogen and oxygen atoms in total. The van der Waals surface area contributed by atoms with Gasteiger partial charge in [-0.05, 0) is 54.9 Å². The molecule has 0 atom stereocenters. The zero-order valence-corrected chi connectivity index (χ0v) is 13.0. The maximum absolute atomic E-state index is 4.18. The van der Waals surface area contributed by atoms with Gasteiger partial charge in [-0.15, -0.1) is 0 Å². The van der Waals surface area contributed by atoms with E-state index < -0.39 is 0 Å². The van der Waals surface area contributed by atoms with E-state index in [0.717, 1.165) is 18.8 Å². The fourth-order valence-electron chi connectivity index (χ4n) is 2.83. The molecule has 0 saturated carbocycles. The second-order valence-corrected chi connectivity index (χ2v) is 5.78. The van der Waals surface area contributed by atoms with Crippen molar-refractivity contribution in [2.75, 3.05) is 0 Å². The summed E-state index contributed by atoms with van der Waals surface area (Å²) in [6.07, 6.45) is 16.5. The van der Waals surface area contributed by atoms with Crippen molar-refractivity contribution in [2.24, 2.45) is 5.92 Å². The Morgan fingerprint density at radius 1 is 0.857 bits per heavy atom. The molecule has 0 aliphatic carbocycles. The average molecular weight is 282 g/mol. The molecule has 0 fully saturated rings. The fraction of sp³-hybridized carbons (Fsp3) is 0.474. The van der Waals surface area contributed by atoms with Crippen LogP contribution in [0.5, 0.6) is 0 Å². The van der Waals surface area contributed by atoms with Crippen molar-refractivity contribution in [3.63, 3.8) is 0 Å². The smallest absolute Gasteiger partial charge is 0.0299 e. The molecule has 2 rings (SSSR count). The van der Waals surface area contributed by atoms with Gasteiger partial charge in [-0.25, -0.2) is 0 Å². The van der Waals surface area contributed by atoms with E-state index in [0.29, 0.717) is 0 Å². The first-order valence-electron chi connectivity index (χ1n) is 8.16. The van der Waals surface area contributed by atoms with Crippen LogP contribution in [-0.4, -0.2) is 9.97 Å². The van der Waals surface area contributed by atoms with Crippen LogP contribution in [0.25, 0.3) is 0 Å². The number of hydrogen-bond acceptors (Lipinski definition) is 2. The first-order chi connectivity index (χ1) is 10.4. The summed E-state index contributed by atoms with van der Waals surface area (Å²) in [5.74, 6) is 0.860. The third-order valence-electron chi connectivity index (χ3n) is 4.18. The van der Waals surface area contributed by atoms with Gasteiger partial charge in [-0.2, -0.15) is 0 Å². The second kappa shape index (κ2) is 9.28. The summed E-state index contributed by atoms with van der Waals surface area (Å²) in [6.45, 7) is 2.32. The van der Waals surface area contributed by atoms with E-state index in [2.05, 4.69) is 29.0 Å². The van der Waals surface area contributed by atoms with Crippen molar-refractivity contribution in [3.05, 3.63) is 60.2 Å². The highest BCUT2D eigenvalue weighted by Gasteiger charge is 2.06. The third kappa shape index (κ3) is 6.07. The lowest BCUT2D eigenvalue weighted by atomic mass is 9.92. The van der Waals surface area contributed by atoms with Crippen LogP contribution in [-0.2, 0) is 12.8 Å². The molecule has 2 aromatic heterocycles. The van der Waals surface area contributed by atoms with Crippen LogP contribution < -0.4 is 0 Å². The number of aromatic nitrogens is 2. The minimum atomic E-state index is 0.860. The topological polar surface area (TPSA) is 25.8 Å². The Labute approximate surface area is 128 Å². The highest BCUT2D eigenvalue weighted by Crippen LogP contribution is 2.20. The standard InChI is InChI=1S/C19H26N2/c1-2-17(7-3-9-18-11-5-13-20-15-18)8-4-10-19-12-6-14-21-16-19/h5-6,11-17H,2-4,7-10H2,1H3. The zero-order chi connectivity index (χ0) is 14.8. The second-order valence-electron chi connectivity index (χ2n) is 5.78. The SMILES string of the molecule is CCC(CCCc1cccnc1)CCCc1cccnc1. The molecule has 0 unspecified atom stereocenters. The van der Waals surface area contributed by atoms with E-state index in [1.54, 1.807) is 0 Å². The van der Waals surface area contributed by atoms with Crippen LogP contribution in [0.2, 0.25) is 0 Å². The zero-order valence-electron chi connectivity index (χ0n) is 13.0. The number of hydrogen-bond donors (Lipinski definition) is 0. The normalized spacial score (nSPS) is 11.0. The quantitative estimate of drug-likeness (QED) is 0.657. The fourth-order valence-corrected chi connectivity index (χ4v) is 2.83. The van der Waals surface area contributed by atoms with Crippen LogP contribution >= 0.6 is 0 Å². The van der Waals surface area contributed by atoms with E-state index in [-0.39, 0.29) is 0 Å². The molecular formula is C19H26N2. The van der Waals surface area contributed by atoms with Crippen molar-refractivity contribution >= 4 is 0 Å². The molecule has 0 saturated heterocycles. The molecule has 0 radical (unpaired) electrons. The van der Waals surface area contributed by atoms with Crippen LogP contribution in [0.4, 0.5) is 0 Å². The van der Waals surface area contributed by atoms with Gasteiger partial charge in [0.25, 0.3) is 0 Å². The monoisotopic (exact) mass is 282 g/mol. The van der Waals surface area contributed by atoms with Crippen molar-refractivity contribution in [1.82, 2.24) is 9.97 Å². The largest absolute Gasteiger partial charge is 0.264 e. The Hall–Kier alpha value is -1.70. The molecule has 0 aliphatic heterocycles. The molecule has 0 amide bonds. The highest BCUT2D eigenvalue weighted by atomic mass is 14.6. The Bertz CT molecular complexity index is 436. The first kappa shape index (κ1) is 15.7. The molecule has 21 heavy (non-hydrogen) atoms. The molecule has 0 bridgehead atoms. The first-order valence-corrected chi connectivity index (χ1v) is 8.16. The summed E-state index contributed by atoms with van der Waals surface area (Å²) >= 11 is 0. The minimum Gasteiger partial charge on any atom is -0.264 e. The van der Waals surface area contributed by atoms with Gasteiger partial charge in [0.1, 0.15) is 0 Å². The number of pyridine rings is 2. The molecular weight excluding hydrogens is 256 g/mol. The Kier molecular flexibility index (Phi) is 6.93. The van der Waals surface area contributed by atoms with Crippen molar-refractivity contribution < 1.29 is 0 Å². The minimum absolute atomic E-state index is 0.860. The molecule has 0 aromatic carbocycles. The van der Waals surface area contributed by atoms with Crippen molar-refractivity contribution in [3.8, 4) is 0 Å². The predicted molar refractivity (Wildman–Crippen MR) is 88.1 cm³/mol. The van der Waals surface area contributed by atoms with E-state index >= 15 is 0 Å². The van der Waals surface area contributed by atoms with E-state index in [9.17, 15) is 0 Å². The third-order valence-corrected chi connectivity index (χ3v) is 4.18. The number of aryl methyl sites for hydroxylation is 2. The van der Waals surface area contributed by atoms with Crippen LogP contribution in [0.1, 0.15) is 50.2 Å². The molecule has 2 heteroatoms. The average Bonchev–Trinajstić information content (AvgIpc) is 2.55. The summed E-state index contributed by atoms with van der Waals surface area (Å²) in [6, 6.07) is 8.41. The lowest BCUT2D eigenvalue weighted by Crippen LogP contribution is -2.01. The van der Waals surface area contributed by atoms with Gasteiger partial charge in [-0.3, -0.25) is 9.97 Å². The van der Waals surface area contributed by atoms with Crippen molar-refractivity contribution in [1.29, 1.82) is 0 Å². The Morgan fingerprint density at radius 2 is 1.38 bits per heavy atom. The molecule has 0 N–H and O–H groups in total. The van der Waals surface area contributed by atoms with Gasteiger partial charge in [0.15, 0.2) is 0 Å². The van der Waals surface area contributed by atoms with Crippen LogP contribution in [0.3, 0.4) is 0 Å². The summed E-state index contributed by atoms with van der Waals surface area (Å²) < 4.78 is 0.